The molecule has 33 heavy (non-hydrogen) atoms. The summed E-state index contributed by atoms with van der Waals surface area (Å²) in [5.74, 6) is 0.943. The van der Waals surface area contributed by atoms with Crippen molar-refractivity contribution >= 4 is 49.5 Å². The lowest BCUT2D eigenvalue weighted by atomic mass is 9.95. The van der Waals surface area contributed by atoms with Crippen molar-refractivity contribution in [2.45, 2.75) is 49.9 Å². The highest BCUT2D eigenvalue weighted by Gasteiger charge is 2.49. The van der Waals surface area contributed by atoms with Gasteiger partial charge in [0.1, 0.15) is 18.3 Å². The number of piperidine rings is 1. The quantitative estimate of drug-likeness (QED) is 0.630. The van der Waals surface area contributed by atoms with Crippen molar-refractivity contribution in [3.8, 4) is 6.01 Å². The molecular weight excluding hydrogens is 515 g/mol. The maximum atomic E-state index is 14.1. The minimum absolute atomic E-state index is 0.0661. The van der Waals surface area contributed by atoms with E-state index in [4.69, 9.17) is 9.72 Å². The molecule has 4 atom stereocenters. The van der Waals surface area contributed by atoms with Crippen molar-refractivity contribution < 1.29 is 19.0 Å². The standard InChI is InChI=1S/C21H26BrFN6O3S/c22-18-24-15-16(27-7-12-2-3-14(10-27)29(8-12)20(30)31)25-19(26-17(15)33-18)32-11-21-4-1-5-28(21)9-13(23)6-21/h12-14H,1-11H2,(H,30,31)/t12-,13+,14+,21-/m0/s1. The molecule has 0 saturated carbocycles. The zero-order valence-corrected chi connectivity index (χ0v) is 20.5. The van der Waals surface area contributed by atoms with Crippen LogP contribution in [0.2, 0.25) is 0 Å². The maximum absolute atomic E-state index is 14.1. The molecule has 5 aliphatic heterocycles. The molecule has 178 valence electrons. The normalized spacial score (nSPS) is 31.9. The van der Waals surface area contributed by atoms with Crippen LogP contribution in [0.4, 0.5) is 15.0 Å². The van der Waals surface area contributed by atoms with Crippen LogP contribution in [0, 0.1) is 5.92 Å². The fraction of sp³-hybridized carbons (Fsp3) is 0.714. The van der Waals surface area contributed by atoms with Crippen LogP contribution in [0.3, 0.4) is 0 Å². The van der Waals surface area contributed by atoms with E-state index in [0.717, 1.165) is 43.6 Å². The van der Waals surface area contributed by atoms with Crippen LogP contribution in [0.15, 0.2) is 3.92 Å². The summed E-state index contributed by atoms with van der Waals surface area (Å²) in [6.45, 7) is 3.61. The second-order valence-electron chi connectivity index (χ2n) is 9.75. The summed E-state index contributed by atoms with van der Waals surface area (Å²) in [6, 6.07) is 0.215. The van der Waals surface area contributed by atoms with Crippen LogP contribution in [-0.4, -0.2) is 93.0 Å². The molecule has 2 aromatic rings. The first-order chi connectivity index (χ1) is 15.9. The highest BCUT2D eigenvalue weighted by molar-refractivity contribution is 9.11. The molecule has 12 heteroatoms. The third-order valence-electron chi connectivity index (χ3n) is 7.68. The van der Waals surface area contributed by atoms with E-state index in [1.54, 1.807) is 4.90 Å². The number of aromatic nitrogens is 3. The van der Waals surface area contributed by atoms with Crippen LogP contribution >= 0.6 is 27.3 Å². The van der Waals surface area contributed by atoms with Crippen LogP contribution < -0.4 is 9.64 Å². The Kier molecular flexibility index (Phi) is 5.37. The van der Waals surface area contributed by atoms with Crippen molar-refractivity contribution in [1.29, 1.82) is 0 Å². The fourth-order valence-electron chi connectivity index (χ4n) is 6.19. The first-order valence-corrected chi connectivity index (χ1v) is 13.1. The maximum Gasteiger partial charge on any atom is 0.407 e. The van der Waals surface area contributed by atoms with Crippen molar-refractivity contribution in [3.05, 3.63) is 3.92 Å². The number of fused-ring (bicyclic) bond motifs is 6. The summed E-state index contributed by atoms with van der Waals surface area (Å²) in [4.78, 5) is 32.4. The van der Waals surface area contributed by atoms with E-state index in [1.165, 1.54) is 11.3 Å². The number of rotatable bonds is 4. The van der Waals surface area contributed by atoms with Crippen LogP contribution in [0.1, 0.15) is 32.1 Å². The minimum Gasteiger partial charge on any atom is -0.465 e. The summed E-state index contributed by atoms with van der Waals surface area (Å²) in [5, 5.41) is 9.64. The summed E-state index contributed by atoms with van der Waals surface area (Å²) >= 11 is 4.89. The molecule has 2 bridgehead atoms. The van der Waals surface area contributed by atoms with Crippen LogP contribution in [0.5, 0.6) is 6.01 Å². The van der Waals surface area contributed by atoms with E-state index in [2.05, 4.69) is 35.7 Å². The van der Waals surface area contributed by atoms with Gasteiger partial charge in [-0.15, -0.1) is 0 Å². The summed E-state index contributed by atoms with van der Waals surface area (Å²) < 4.78 is 21.0. The van der Waals surface area contributed by atoms with Crippen molar-refractivity contribution in [3.63, 3.8) is 0 Å². The summed E-state index contributed by atoms with van der Waals surface area (Å²) in [7, 11) is 0. The van der Waals surface area contributed by atoms with E-state index in [0.29, 0.717) is 47.9 Å². The third kappa shape index (κ3) is 3.83. The predicted molar refractivity (Wildman–Crippen MR) is 125 cm³/mol. The van der Waals surface area contributed by atoms with E-state index in [-0.39, 0.29) is 23.5 Å². The van der Waals surface area contributed by atoms with Gasteiger partial charge in [-0.1, -0.05) is 11.3 Å². The van der Waals surface area contributed by atoms with Crippen molar-refractivity contribution in [2.24, 2.45) is 5.92 Å². The van der Waals surface area contributed by atoms with Gasteiger partial charge in [0.25, 0.3) is 0 Å². The number of anilines is 1. The molecule has 0 spiro atoms. The molecule has 5 aliphatic rings. The minimum atomic E-state index is -0.858. The van der Waals surface area contributed by atoms with Gasteiger partial charge in [0.05, 0.1) is 11.6 Å². The van der Waals surface area contributed by atoms with Crippen LogP contribution in [-0.2, 0) is 0 Å². The monoisotopic (exact) mass is 540 g/mol. The van der Waals surface area contributed by atoms with Gasteiger partial charge in [-0.05, 0) is 54.1 Å². The number of amides is 1. The Labute approximate surface area is 203 Å². The van der Waals surface area contributed by atoms with Gasteiger partial charge < -0.3 is 19.6 Å². The molecule has 0 unspecified atom stereocenters. The van der Waals surface area contributed by atoms with Gasteiger partial charge >= 0.3 is 12.1 Å². The SMILES string of the molecule is O=C(O)N1C[C@H]2CC[C@@H]1CN(c1nc(OC[C@@]34CCCN3C[C@H](F)C4)nc3sc(Br)nc13)C2. The summed E-state index contributed by atoms with van der Waals surface area (Å²) in [5.41, 5.74) is 0.434. The molecule has 5 fully saturated rings. The lowest BCUT2D eigenvalue weighted by Crippen LogP contribution is -2.46. The molecule has 0 radical (unpaired) electrons. The Balaban J connectivity index is 1.30. The molecule has 1 amide bonds. The molecule has 0 aromatic carbocycles. The van der Waals surface area contributed by atoms with Gasteiger partial charge in [-0.2, -0.15) is 9.97 Å². The van der Waals surface area contributed by atoms with Gasteiger partial charge in [0, 0.05) is 32.6 Å². The number of carbonyl (C=O) groups is 1. The molecule has 5 saturated heterocycles. The molecule has 0 aliphatic carbocycles. The van der Waals surface area contributed by atoms with E-state index in [1.807, 2.05) is 0 Å². The Morgan fingerprint density at radius 1 is 1.24 bits per heavy atom. The number of hydrogen-bond acceptors (Lipinski definition) is 8. The van der Waals surface area contributed by atoms with Gasteiger partial charge in [-0.3, -0.25) is 4.90 Å². The van der Waals surface area contributed by atoms with Crippen molar-refractivity contribution in [1.82, 2.24) is 24.8 Å². The van der Waals surface area contributed by atoms with E-state index < -0.39 is 12.3 Å². The highest BCUT2D eigenvalue weighted by atomic mass is 79.9. The smallest absolute Gasteiger partial charge is 0.407 e. The largest absolute Gasteiger partial charge is 0.465 e. The second kappa shape index (κ2) is 8.16. The van der Waals surface area contributed by atoms with Crippen molar-refractivity contribution in [2.75, 3.05) is 44.2 Å². The molecular formula is C21H26BrFN6O3S. The van der Waals surface area contributed by atoms with Gasteiger partial charge in [0.2, 0.25) is 0 Å². The van der Waals surface area contributed by atoms with Crippen LogP contribution in [0.25, 0.3) is 10.3 Å². The molecule has 1 N–H and O–H groups in total. The molecule has 2 aromatic heterocycles. The number of alkyl halides is 1. The Morgan fingerprint density at radius 3 is 2.97 bits per heavy atom. The first kappa shape index (κ1) is 21.7. The Bertz CT molecular complexity index is 1090. The molecule has 9 nitrogen and oxygen atoms in total. The van der Waals surface area contributed by atoms with E-state index in [9.17, 15) is 14.3 Å². The molecule has 7 rings (SSSR count). The summed E-state index contributed by atoms with van der Waals surface area (Å²) in [6.07, 6.45) is 2.67. The topological polar surface area (TPSA) is 94.9 Å². The second-order valence-corrected chi connectivity index (χ2v) is 12.0. The van der Waals surface area contributed by atoms with Gasteiger partial charge in [0.15, 0.2) is 14.6 Å². The lowest BCUT2D eigenvalue weighted by molar-refractivity contribution is 0.101. The number of thiazole rings is 1. The zero-order valence-electron chi connectivity index (χ0n) is 18.1. The number of hydrogen-bond donors (Lipinski definition) is 1. The van der Waals surface area contributed by atoms with E-state index >= 15 is 0 Å². The predicted octanol–water partition coefficient (Wildman–Crippen LogP) is 3.38. The number of nitrogens with zero attached hydrogens (tertiary/aromatic N) is 6. The Morgan fingerprint density at radius 2 is 2.12 bits per heavy atom. The third-order valence-corrected chi connectivity index (χ3v) is 9.08. The highest BCUT2D eigenvalue weighted by Crippen LogP contribution is 2.41. The number of halogens is 2. The number of carboxylic acid groups (broad SMARTS) is 1. The molecule has 7 heterocycles. The average Bonchev–Trinajstić information content (AvgIpc) is 3.32. The fourth-order valence-corrected chi connectivity index (χ4v) is 7.48. The Hall–Kier alpha value is -1.79. The van der Waals surface area contributed by atoms with Gasteiger partial charge in [-0.25, -0.2) is 14.2 Å². The zero-order chi connectivity index (χ0) is 22.7. The lowest BCUT2D eigenvalue weighted by Gasteiger charge is -2.33. The number of ether oxygens (including phenoxy) is 1. The first-order valence-electron chi connectivity index (χ1n) is 11.5. The average molecular weight is 541 g/mol.